The largest absolute Gasteiger partial charge is 0.368 e. The zero-order chi connectivity index (χ0) is 19.1. The van der Waals surface area contributed by atoms with Crippen molar-refractivity contribution in [1.82, 2.24) is 19.9 Å². The lowest BCUT2D eigenvalue weighted by molar-refractivity contribution is 0.251. The van der Waals surface area contributed by atoms with Crippen molar-refractivity contribution < 1.29 is 0 Å². The van der Waals surface area contributed by atoms with Crippen LogP contribution >= 0.6 is 0 Å². The topological polar surface area (TPSA) is 80.0 Å². The Morgan fingerprint density at radius 3 is 2.41 bits per heavy atom. The molecule has 1 aromatic heterocycles. The molecule has 0 spiro atoms. The normalized spacial score (nSPS) is 10.9. The van der Waals surface area contributed by atoms with Crippen molar-refractivity contribution in [2.24, 2.45) is 0 Å². The number of hydrogen-bond acceptors (Lipinski definition) is 6. The van der Waals surface area contributed by atoms with Gasteiger partial charge in [-0.25, -0.2) is 0 Å². The van der Waals surface area contributed by atoms with Crippen molar-refractivity contribution >= 4 is 17.6 Å². The fraction of sp³-hybridized carbons (Fsp3) is 0.286. The van der Waals surface area contributed by atoms with E-state index < -0.39 is 0 Å². The molecular formula is C21H26N6. The van der Waals surface area contributed by atoms with Gasteiger partial charge in [-0.2, -0.15) is 15.0 Å². The second-order valence-corrected chi connectivity index (χ2v) is 6.57. The number of benzene rings is 2. The number of hydrogen-bond donors (Lipinski definition) is 2. The molecular weight excluding hydrogens is 336 g/mol. The Balaban J connectivity index is 1.76. The molecule has 2 aromatic carbocycles. The van der Waals surface area contributed by atoms with Crippen molar-refractivity contribution in [3.05, 3.63) is 71.5 Å². The number of aromatic nitrogens is 3. The minimum absolute atomic E-state index is 0.229. The molecule has 3 aromatic rings. The number of nitrogens with two attached hydrogens (primary N) is 1. The zero-order valence-corrected chi connectivity index (χ0v) is 15.9. The predicted octanol–water partition coefficient (Wildman–Crippen LogP) is 3.92. The average Bonchev–Trinajstić information content (AvgIpc) is 2.64. The van der Waals surface area contributed by atoms with E-state index in [2.05, 4.69) is 56.4 Å². The van der Waals surface area contributed by atoms with Gasteiger partial charge in [0.25, 0.3) is 0 Å². The Morgan fingerprint density at radius 2 is 1.67 bits per heavy atom. The van der Waals surface area contributed by atoms with Gasteiger partial charge in [0.2, 0.25) is 11.9 Å². The molecule has 3 N–H and O–H groups in total. The molecule has 0 aliphatic heterocycles. The summed E-state index contributed by atoms with van der Waals surface area (Å²) in [6.07, 6.45) is 1.06. The van der Waals surface area contributed by atoms with Crippen LogP contribution in [0.2, 0.25) is 0 Å². The van der Waals surface area contributed by atoms with E-state index in [1.165, 1.54) is 5.56 Å². The van der Waals surface area contributed by atoms with Crippen LogP contribution in [0.4, 0.5) is 17.6 Å². The number of para-hydroxylation sites is 1. The van der Waals surface area contributed by atoms with Gasteiger partial charge in [0.05, 0.1) is 6.54 Å². The van der Waals surface area contributed by atoms with Gasteiger partial charge in [0.15, 0.2) is 0 Å². The molecule has 3 rings (SSSR count). The van der Waals surface area contributed by atoms with Crippen LogP contribution in [0, 0.1) is 6.92 Å². The number of rotatable bonds is 8. The maximum absolute atomic E-state index is 5.93. The maximum Gasteiger partial charge on any atom is 0.232 e. The van der Waals surface area contributed by atoms with Crippen LogP contribution in [0.5, 0.6) is 0 Å². The summed E-state index contributed by atoms with van der Waals surface area (Å²) >= 11 is 0. The third-order valence-corrected chi connectivity index (χ3v) is 4.24. The molecule has 0 bridgehead atoms. The van der Waals surface area contributed by atoms with E-state index in [1.54, 1.807) is 0 Å². The molecule has 0 atom stereocenters. The van der Waals surface area contributed by atoms with Gasteiger partial charge < -0.3 is 11.1 Å². The van der Waals surface area contributed by atoms with Gasteiger partial charge >= 0.3 is 0 Å². The lowest BCUT2D eigenvalue weighted by Gasteiger charge is -2.21. The summed E-state index contributed by atoms with van der Waals surface area (Å²) < 4.78 is 0. The van der Waals surface area contributed by atoms with E-state index in [4.69, 9.17) is 5.73 Å². The predicted molar refractivity (Wildman–Crippen MR) is 110 cm³/mol. The Kier molecular flexibility index (Phi) is 6.33. The second-order valence-electron chi connectivity index (χ2n) is 6.57. The SMILES string of the molecule is CCCN(Cc1ccccc1)Cc1nc(N)nc(Nc2ccccc2C)n1. The van der Waals surface area contributed by atoms with Crippen LogP contribution in [0.3, 0.4) is 0 Å². The molecule has 140 valence electrons. The summed E-state index contributed by atoms with van der Waals surface area (Å²) in [5.74, 6) is 1.37. The zero-order valence-electron chi connectivity index (χ0n) is 15.9. The third kappa shape index (κ3) is 5.49. The Hall–Kier alpha value is -2.99. The fourth-order valence-electron chi connectivity index (χ4n) is 2.97. The number of anilines is 3. The van der Waals surface area contributed by atoms with Crippen LogP contribution in [0.15, 0.2) is 54.6 Å². The quantitative estimate of drug-likeness (QED) is 0.632. The third-order valence-electron chi connectivity index (χ3n) is 4.24. The molecule has 0 unspecified atom stereocenters. The molecule has 0 aliphatic rings. The Morgan fingerprint density at radius 1 is 0.926 bits per heavy atom. The van der Waals surface area contributed by atoms with Gasteiger partial charge in [-0.1, -0.05) is 55.5 Å². The molecule has 0 aliphatic carbocycles. The highest BCUT2D eigenvalue weighted by atomic mass is 15.2. The Labute approximate surface area is 160 Å². The lowest BCUT2D eigenvalue weighted by Crippen LogP contribution is -2.25. The molecule has 0 amide bonds. The molecule has 0 saturated carbocycles. The minimum Gasteiger partial charge on any atom is -0.368 e. The van der Waals surface area contributed by atoms with E-state index in [9.17, 15) is 0 Å². The number of nitrogens with one attached hydrogen (secondary N) is 1. The smallest absolute Gasteiger partial charge is 0.232 e. The molecule has 0 radical (unpaired) electrons. The summed E-state index contributed by atoms with van der Waals surface area (Å²) in [6.45, 7) is 6.64. The molecule has 6 heteroatoms. The summed E-state index contributed by atoms with van der Waals surface area (Å²) in [4.78, 5) is 15.5. The van der Waals surface area contributed by atoms with Crippen LogP contribution in [-0.2, 0) is 13.1 Å². The van der Waals surface area contributed by atoms with Crippen molar-refractivity contribution in [1.29, 1.82) is 0 Å². The van der Waals surface area contributed by atoms with Gasteiger partial charge in [-0.3, -0.25) is 4.90 Å². The van der Waals surface area contributed by atoms with Gasteiger partial charge in [-0.15, -0.1) is 0 Å². The molecule has 0 fully saturated rings. The summed E-state index contributed by atoms with van der Waals surface area (Å²) in [6, 6.07) is 18.4. The Bertz CT molecular complexity index is 866. The van der Waals surface area contributed by atoms with E-state index in [1.807, 2.05) is 37.3 Å². The van der Waals surface area contributed by atoms with Crippen molar-refractivity contribution in [3.63, 3.8) is 0 Å². The first-order valence-electron chi connectivity index (χ1n) is 9.23. The average molecular weight is 362 g/mol. The summed E-state index contributed by atoms with van der Waals surface area (Å²) in [5.41, 5.74) is 9.28. The number of nitrogen functional groups attached to an aromatic ring is 1. The van der Waals surface area contributed by atoms with Crippen molar-refractivity contribution in [2.75, 3.05) is 17.6 Å². The van der Waals surface area contributed by atoms with Crippen molar-refractivity contribution in [2.45, 2.75) is 33.4 Å². The minimum atomic E-state index is 0.229. The maximum atomic E-state index is 5.93. The standard InChI is InChI=1S/C21H26N6/c1-3-13-27(14-17-10-5-4-6-11-17)15-19-24-20(22)26-21(25-19)23-18-12-8-7-9-16(18)2/h4-12H,3,13-15H2,1-2H3,(H3,22,23,24,25,26). The monoisotopic (exact) mass is 362 g/mol. The van der Waals surface area contributed by atoms with Crippen LogP contribution in [0.1, 0.15) is 30.3 Å². The second kappa shape index (κ2) is 9.09. The molecule has 1 heterocycles. The van der Waals surface area contributed by atoms with E-state index in [-0.39, 0.29) is 5.95 Å². The van der Waals surface area contributed by atoms with E-state index in [0.29, 0.717) is 18.3 Å². The first kappa shape index (κ1) is 18.8. The first-order chi connectivity index (χ1) is 13.1. The molecule has 6 nitrogen and oxygen atoms in total. The van der Waals surface area contributed by atoms with Gasteiger partial charge in [-0.05, 0) is 37.1 Å². The number of aryl methyl sites for hydroxylation is 1. The van der Waals surface area contributed by atoms with E-state index >= 15 is 0 Å². The van der Waals surface area contributed by atoms with Gasteiger partial charge in [0, 0.05) is 12.2 Å². The van der Waals surface area contributed by atoms with Crippen LogP contribution in [0.25, 0.3) is 0 Å². The van der Waals surface area contributed by atoms with Crippen LogP contribution < -0.4 is 11.1 Å². The van der Waals surface area contributed by atoms with Gasteiger partial charge in [0.1, 0.15) is 5.82 Å². The van der Waals surface area contributed by atoms with Crippen molar-refractivity contribution in [3.8, 4) is 0 Å². The highest BCUT2D eigenvalue weighted by molar-refractivity contribution is 5.58. The van der Waals surface area contributed by atoms with E-state index in [0.717, 1.165) is 30.8 Å². The molecule has 0 saturated heterocycles. The first-order valence-corrected chi connectivity index (χ1v) is 9.23. The highest BCUT2D eigenvalue weighted by Crippen LogP contribution is 2.18. The summed E-state index contributed by atoms with van der Waals surface area (Å²) in [5, 5.41) is 3.25. The fourth-order valence-corrected chi connectivity index (χ4v) is 2.97. The number of nitrogens with zero attached hydrogens (tertiary/aromatic N) is 4. The lowest BCUT2D eigenvalue weighted by atomic mass is 10.2. The van der Waals surface area contributed by atoms with Crippen LogP contribution in [-0.4, -0.2) is 26.4 Å². The summed E-state index contributed by atoms with van der Waals surface area (Å²) in [7, 11) is 0. The highest BCUT2D eigenvalue weighted by Gasteiger charge is 2.11. The molecule has 27 heavy (non-hydrogen) atoms.